The van der Waals surface area contributed by atoms with Gasteiger partial charge in [0.15, 0.2) is 23.0 Å². The summed E-state index contributed by atoms with van der Waals surface area (Å²) in [5.41, 5.74) is 15.2. The lowest BCUT2D eigenvalue weighted by Gasteiger charge is -2.22. The van der Waals surface area contributed by atoms with Gasteiger partial charge >= 0.3 is 0 Å². The van der Waals surface area contributed by atoms with Gasteiger partial charge in [-0.2, -0.15) is 4.31 Å². The van der Waals surface area contributed by atoms with Crippen LogP contribution in [-0.4, -0.2) is 142 Å². The number of primary amides is 1. The third-order valence-electron chi connectivity index (χ3n) is 25.3. The summed E-state index contributed by atoms with van der Waals surface area (Å²) in [4.78, 5) is 83.0. The van der Waals surface area contributed by atoms with E-state index in [1.807, 2.05) is 116 Å². The van der Waals surface area contributed by atoms with Crippen molar-refractivity contribution in [3.8, 4) is 67.9 Å². The van der Waals surface area contributed by atoms with E-state index in [0.29, 0.717) is 75.3 Å². The van der Waals surface area contributed by atoms with E-state index in [0.717, 1.165) is 136 Å². The molecular formula is C101H104ClN11O16S3. The summed E-state index contributed by atoms with van der Waals surface area (Å²) in [6.45, 7) is 2.63. The van der Waals surface area contributed by atoms with Crippen LogP contribution in [0.1, 0.15) is 115 Å². The van der Waals surface area contributed by atoms with Crippen molar-refractivity contribution in [1.29, 1.82) is 0 Å². The number of rotatable bonds is 25. The molecule has 13 aromatic rings. The Kier molecular flexibility index (Phi) is 25.4. The fraction of sp³-hybridized carbons (Fsp3) is 0.238. The zero-order valence-corrected chi connectivity index (χ0v) is 75.7. The Morgan fingerprint density at radius 3 is 1.42 bits per heavy atom. The van der Waals surface area contributed by atoms with Gasteiger partial charge in [0, 0.05) is 85.0 Å². The van der Waals surface area contributed by atoms with Gasteiger partial charge in [-0.3, -0.25) is 29.0 Å². The number of aryl methyl sites for hydroxylation is 1. The number of benzene rings is 9. The van der Waals surface area contributed by atoms with E-state index in [1.165, 1.54) is 41.9 Å². The van der Waals surface area contributed by atoms with Crippen molar-refractivity contribution in [2.45, 2.75) is 120 Å². The average molecular weight is 1860 g/mol. The van der Waals surface area contributed by atoms with Crippen LogP contribution in [0, 0.1) is 6.92 Å². The molecule has 132 heavy (non-hydrogen) atoms. The van der Waals surface area contributed by atoms with Crippen LogP contribution in [0.2, 0.25) is 5.02 Å². The van der Waals surface area contributed by atoms with Crippen molar-refractivity contribution >= 4 is 99.3 Å². The number of Topliss-reactive ketones (excluding diaryl/α,β-unsaturated/α-hetero) is 1. The first kappa shape index (κ1) is 90.5. The molecule has 7 N–H and O–H groups in total. The molecule has 5 fully saturated rings. The van der Waals surface area contributed by atoms with E-state index in [-0.39, 0.29) is 78.0 Å². The number of nitrogens with two attached hydrogens (primary N) is 1. The Balaban J connectivity index is 0.000000163. The van der Waals surface area contributed by atoms with Crippen molar-refractivity contribution in [3.63, 3.8) is 0 Å². The first-order chi connectivity index (χ1) is 63.5. The van der Waals surface area contributed by atoms with E-state index < -0.39 is 57.6 Å². The minimum absolute atomic E-state index is 0. The number of aromatic nitrogens is 4. The molecule has 9 aromatic carbocycles. The molecule has 1 atom stereocenters. The third-order valence-corrected chi connectivity index (χ3v) is 30.8. The number of anilines is 3. The Morgan fingerprint density at radius 2 is 0.939 bits per heavy atom. The van der Waals surface area contributed by atoms with Crippen LogP contribution in [0.15, 0.2) is 282 Å². The number of aliphatic hydroxyl groups is 1. The normalized spacial score (nSPS) is 16.5. The van der Waals surface area contributed by atoms with Gasteiger partial charge in [0.05, 0.1) is 60.0 Å². The average Bonchev–Trinajstić information content (AvgIpc) is 1.59. The lowest BCUT2D eigenvalue weighted by molar-refractivity contribution is -0.121. The molecule has 7 aliphatic rings. The summed E-state index contributed by atoms with van der Waals surface area (Å²) in [6.07, 6.45) is 9.76. The van der Waals surface area contributed by atoms with Gasteiger partial charge in [-0.05, 0) is 250 Å². The molecule has 1 saturated heterocycles. The monoisotopic (exact) mass is 1860 g/mol. The number of nitrogens with one attached hydrogen (secondary N) is 4. The highest BCUT2D eigenvalue weighted by Crippen LogP contribution is 2.55. The molecule has 20 rings (SSSR count). The van der Waals surface area contributed by atoms with Crippen LogP contribution in [0.25, 0.3) is 55.7 Å². The molecule has 3 aliphatic heterocycles. The summed E-state index contributed by atoms with van der Waals surface area (Å²) in [7, 11) is -6.32. The van der Waals surface area contributed by atoms with Gasteiger partial charge in [-0.1, -0.05) is 145 Å². The maximum Gasteiger partial charge on any atom is 0.248 e. The SMILES string of the molecule is CN(C)S(=O)(=O)c1ccc(-c2cccc(NC(=O)C3(c4ccc5c(c4)OCO5)CC3)n2)cc1.CNS(=O)(=O)c1ccc(-c2cccc(NC(=O)C3(c4ccc(Cl)cc4)CC3)n2)cc1.Cc1cc(CC(=O)C2(c3ccc4c(c3)OCO4)CC2)ncc1-c1cccc(C(N)=O)c1.O=C(Nc1cccc(-c2ccc(S(=O)(=O)N3CCC[C@H]3CO)cc2)n1)C1(c2ccc3ccccc3c2)CC1.[HH].[HH].[HH].[HH].[HH]. The standard InChI is InChI=1S/C30H29N3O4S.C25H22N2O4.C24H23N3O5S.C22H20ClN3O3S.5H2/c34-20-25-7-4-18-33(25)38(36,37)26-14-11-22(12-15-26)27-8-3-9-28(31-27)32-29(35)30(16-17-30)24-13-10-21-5-1-2-6-23(21)19-24;1-15-9-19(27-13-20(15)16-3-2-4-17(10-16)24(26)29)12-23(28)25(7-8-25)18-5-6-21-22(11-18)31-14-30-21;1-27(2)33(29,30)18-9-6-16(7-10-18)19-4-3-5-22(25-19)26-23(28)24(12-13-24)17-8-11-20-21(14-17)32-15-31-20;1-24-30(28,29)18-11-5-15(6-12-18)19-3-2-4-20(25-19)26-21(27)22(13-14-22)16-7-9-17(23)10-8-16;;;;;/h1-3,5-6,8-15,19,25,34H,4,7,16-18,20H2,(H,31,32,35);2-6,9-11,13H,7-8,12,14H2,1H3,(H2,26,29);3-11,14H,12-13,15H2,1-2H3,(H,25,26,28);2-12,24H,13-14H2,1H3,(H,25,26,27);5*1H/t25-;;;;;;;;/m0......../s1. The summed E-state index contributed by atoms with van der Waals surface area (Å²) in [6, 6.07) is 77.5. The number of aliphatic hydroxyl groups excluding tert-OH is 1. The van der Waals surface area contributed by atoms with Crippen LogP contribution < -0.4 is 45.4 Å². The lowest BCUT2D eigenvalue weighted by Crippen LogP contribution is -2.37. The Labute approximate surface area is 776 Å². The van der Waals surface area contributed by atoms with Crippen LogP contribution in [0.4, 0.5) is 17.5 Å². The highest BCUT2D eigenvalue weighted by atomic mass is 35.5. The number of carbonyl (C=O) groups is 5. The second-order valence-electron chi connectivity index (χ2n) is 33.8. The molecule has 4 aromatic heterocycles. The van der Waals surface area contributed by atoms with Crippen molar-refractivity contribution < 1.29 is 80.4 Å². The number of hydrogen-bond acceptors (Lipinski definition) is 20. The fourth-order valence-corrected chi connectivity index (χ4v) is 20.3. The Bertz CT molecular complexity index is 7050. The molecular weight excluding hydrogens is 1750 g/mol. The predicted octanol–water partition coefficient (Wildman–Crippen LogP) is 17.1. The van der Waals surface area contributed by atoms with Crippen molar-refractivity contribution in [3.05, 3.63) is 311 Å². The number of sulfonamides is 3. The number of fused-ring (bicyclic) bond motifs is 3. The second-order valence-corrected chi connectivity index (χ2v) is 40.2. The number of ether oxygens (including phenoxy) is 4. The second kappa shape index (κ2) is 37.1. The van der Waals surface area contributed by atoms with Gasteiger partial charge in [0.2, 0.25) is 67.3 Å². The quantitative estimate of drug-likeness (QED) is 0.0309. The minimum Gasteiger partial charge on any atom is -0.454 e. The zero-order chi connectivity index (χ0) is 92.5. The zero-order valence-electron chi connectivity index (χ0n) is 72.5. The Morgan fingerprint density at radius 1 is 0.492 bits per heavy atom. The predicted molar refractivity (Wildman–Crippen MR) is 512 cm³/mol. The highest BCUT2D eigenvalue weighted by Gasteiger charge is 2.55. The van der Waals surface area contributed by atoms with Gasteiger partial charge in [0.1, 0.15) is 23.2 Å². The summed E-state index contributed by atoms with van der Waals surface area (Å²) >= 11 is 5.96. The highest BCUT2D eigenvalue weighted by molar-refractivity contribution is 7.89. The smallest absolute Gasteiger partial charge is 0.248 e. The van der Waals surface area contributed by atoms with Crippen molar-refractivity contribution in [2.24, 2.45) is 5.73 Å². The fourth-order valence-electron chi connectivity index (χ4n) is 16.9. The summed E-state index contributed by atoms with van der Waals surface area (Å²) < 4.78 is 101. The maximum absolute atomic E-state index is 13.4. The molecule has 0 spiro atoms. The van der Waals surface area contributed by atoms with E-state index in [1.54, 1.807) is 121 Å². The molecule has 31 heteroatoms. The van der Waals surface area contributed by atoms with Gasteiger partial charge < -0.3 is 45.7 Å². The topological polar surface area (TPSA) is 377 Å². The summed E-state index contributed by atoms with van der Waals surface area (Å²) in [5.74, 6) is 3.55. The number of ketones is 1. The molecule has 7 heterocycles. The van der Waals surface area contributed by atoms with Crippen LogP contribution in [-0.2, 0) is 77.3 Å². The van der Waals surface area contributed by atoms with Crippen molar-refractivity contribution in [2.75, 3.05) is 63.8 Å². The first-order valence-corrected chi connectivity index (χ1v) is 47.8. The molecule has 0 radical (unpaired) electrons. The molecule has 684 valence electrons. The van der Waals surface area contributed by atoms with E-state index in [4.69, 9.17) is 36.3 Å². The number of nitrogens with zero attached hydrogens (tertiary/aromatic N) is 6. The van der Waals surface area contributed by atoms with Gasteiger partial charge in [-0.15, -0.1) is 0 Å². The Hall–Kier alpha value is -13.4. The maximum atomic E-state index is 13.4. The number of amides is 4. The van der Waals surface area contributed by atoms with Gasteiger partial charge in [-0.25, -0.2) is 49.2 Å². The van der Waals surface area contributed by atoms with Crippen LogP contribution in [0.3, 0.4) is 0 Å². The number of pyridine rings is 4. The summed E-state index contributed by atoms with van der Waals surface area (Å²) in [5, 5.41) is 21.3. The number of hydrogen-bond donors (Lipinski definition) is 6. The molecule has 4 amide bonds. The molecule has 27 nitrogen and oxygen atoms in total. The molecule has 0 unspecified atom stereocenters. The molecule has 4 saturated carbocycles. The van der Waals surface area contributed by atoms with Crippen molar-refractivity contribution in [1.82, 2.24) is 33.3 Å². The van der Waals surface area contributed by atoms with Crippen LogP contribution in [0.5, 0.6) is 23.0 Å². The number of halogens is 1. The molecule has 0 bridgehead atoms. The van der Waals surface area contributed by atoms with E-state index in [9.17, 15) is 54.3 Å². The molecule has 4 aliphatic carbocycles. The minimum atomic E-state index is -3.68. The number of carbonyl (C=O) groups excluding carboxylic acids is 5. The van der Waals surface area contributed by atoms with E-state index in [2.05, 4.69) is 64.9 Å². The lowest BCUT2D eigenvalue weighted by atomic mass is 9.88. The largest absolute Gasteiger partial charge is 0.454 e. The van der Waals surface area contributed by atoms with Crippen LogP contribution >= 0.6 is 11.6 Å². The third kappa shape index (κ3) is 19.0. The first-order valence-electron chi connectivity index (χ1n) is 43.1. The van der Waals surface area contributed by atoms with E-state index >= 15 is 0 Å². The van der Waals surface area contributed by atoms with Gasteiger partial charge in [0.25, 0.3) is 0 Å².